The molecule has 7 nitrogen and oxygen atoms in total. The van der Waals surface area contributed by atoms with Crippen molar-refractivity contribution in [2.75, 3.05) is 0 Å². The second kappa shape index (κ2) is 5.77. The van der Waals surface area contributed by atoms with E-state index in [1.54, 1.807) is 24.3 Å². The molecule has 1 aliphatic rings. The van der Waals surface area contributed by atoms with E-state index in [1.165, 1.54) is 12.1 Å². The van der Waals surface area contributed by atoms with Crippen molar-refractivity contribution in [3.63, 3.8) is 0 Å². The number of nitrogens with zero attached hydrogens (tertiary/aromatic N) is 1. The van der Waals surface area contributed by atoms with Gasteiger partial charge in [-0.1, -0.05) is 24.3 Å². The Kier molecular flexibility index (Phi) is 3.76. The van der Waals surface area contributed by atoms with Crippen LogP contribution >= 0.6 is 0 Å². The van der Waals surface area contributed by atoms with Gasteiger partial charge in [-0.05, 0) is 23.9 Å². The van der Waals surface area contributed by atoms with Crippen molar-refractivity contribution in [2.24, 2.45) is 0 Å². The van der Waals surface area contributed by atoms with Crippen LogP contribution in [0.25, 0.3) is 10.8 Å². The van der Waals surface area contributed by atoms with Gasteiger partial charge in [0.15, 0.2) is 0 Å². The molecule has 1 heterocycles. The van der Waals surface area contributed by atoms with Gasteiger partial charge in [0.1, 0.15) is 6.04 Å². The molecule has 2 amide bonds. The molecule has 3 rings (SSSR count). The Morgan fingerprint density at radius 2 is 1.50 bits per heavy atom. The highest BCUT2D eigenvalue weighted by Gasteiger charge is 2.40. The maximum Gasteiger partial charge on any atom is 0.326 e. The van der Waals surface area contributed by atoms with Crippen LogP contribution in [-0.4, -0.2) is 44.9 Å². The molecule has 0 bridgehead atoms. The fourth-order valence-corrected chi connectivity index (χ4v) is 2.96. The summed E-state index contributed by atoms with van der Waals surface area (Å²) in [5.41, 5.74) is 0.480. The first kappa shape index (κ1) is 15.7. The number of hydrogen-bond acceptors (Lipinski definition) is 4. The molecular weight excluding hydrogens is 314 g/mol. The van der Waals surface area contributed by atoms with E-state index in [2.05, 4.69) is 0 Å². The lowest BCUT2D eigenvalue weighted by atomic mass is 9.92. The Labute approximate surface area is 136 Å². The average Bonchev–Trinajstić information content (AvgIpc) is 2.54. The number of carboxylic acid groups (broad SMARTS) is 2. The summed E-state index contributed by atoms with van der Waals surface area (Å²) in [7, 11) is 0. The highest BCUT2D eigenvalue weighted by Crippen LogP contribution is 2.31. The van der Waals surface area contributed by atoms with Crippen molar-refractivity contribution >= 4 is 34.5 Å². The van der Waals surface area contributed by atoms with Gasteiger partial charge < -0.3 is 10.2 Å². The lowest BCUT2D eigenvalue weighted by Crippen LogP contribution is -2.50. The van der Waals surface area contributed by atoms with Crippen LogP contribution in [0.5, 0.6) is 0 Å². The number of amides is 2. The lowest BCUT2D eigenvalue weighted by Gasteiger charge is -2.31. The summed E-state index contributed by atoms with van der Waals surface area (Å²) >= 11 is 0. The van der Waals surface area contributed by atoms with Gasteiger partial charge in [-0.2, -0.15) is 0 Å². The normalized spacial score (nSPS) is 14.8. The summed E-state index contributed by atoms with van der Waals surface area (Å²) in [5.74, 6) is -4.05. The fourth-order valence-electron chi connectivity index (χ4n) is 2.96. The Morgan fingerprint density at radius 1 is 0.958 bits per heavy atom. The molecule has 2 aromatic carbocycles. The van der Waals surface area contributed by atoms with Gasteiger partial charge in [0, 0.05) is 22.9 Å². The van der Waals surface area contributed by atoms with Crippen LogP contribution in [0.2, 0.25) is 0 Å². The molecule has 0 radical (unpaired) electrons. The van der Waals surface area contributed by atoms with E-state index in [-0.39, 0.29) is 17.5 Å². The van der Waals surface area contributed by atoms with Crippen LogP contribution in [0.1, 0.15) is 33.6 Å². The van der Waals surface area contributed by atoms with Gasteiger partial charge in [0.2, 0.25) is 0 Å². The molecule has 0 spiro atoms. The molecule has 0 saturated carbocycles. The smallest absolute Gasteiger partial charge is 0.326 e. The van der Waals surface area contributed by atoms with E-state index >= 15 is 0 Å². The van der Waals surface area contributed by atoms with E-state index in [1.807, 2.05) is 0 Å². The minimum absolute atomic E-state index is 0.240. The largest absolute Gasteiger partial charge is 0.481 e. The van der Waals surface area contributed by atoms with E-state index in [0.717, 1.165) is 0 Å². The Hall–Kier alpha value is -3.22. The number of imide groups is 1. The quantitative estimate of drug-likeness (QED) is 0.809. The average molecular weight is 327 g/mol. The summed E-state index contributed by atoms with van der Waals surface area (Å²) in [6, 6.07) is 8.37. The molecule has 0 aliphatic carbocycles. The zero-order valence-electron chi connectivity index (χ0n) is 12.4. The minimum atomic E-state index is -1.52. The predicted molar refractivity (Wildman–Crippen MR) is 82.7 cm³/mol. The third-order valence-corrected chi connectivity index (χ3v) is 4.03. The van der Waals surface area contributed by atoms with Crippen LogP contribution < -0.4 is 0 Å². The van der Waals surface area contributed by atoms with Crippen LogP contribution in [0.15, 0.2) is 36.4 Å². The summed E-state index contributed by atoms with van der Waals surface area (Å²) < 4.78 is 0. The molecular formula is C17H13NO6. The molecule has 0 saturated heterocycles. The SMILES string of the molecule is O=C(O)CC[C@H](C(=O)O)N1C(=O)c2cccc3cccc(c23)C1=O. The Bertz CT molecular complexity index is 837. The number of hydrogen-bond donors (Lipinski definition) is 2. The summed E-state index contributed by atoms with van der Waals surface area (Å²) in [6.45, 7) is 0. The fraction of sp³-hybridized carbons (Fsp3) is 0.176. The van der Waals surface area contributed by atoms with Gasteiger partial charge in [0.25, 0.3) is 11.8 Å². The standard InChI is InChI=1S/C17H13NO6/c19-13(20)8-7-12(17(23)24)18-15(21)10-5-1-3-9-4-2-6-11(14(9)10)16(18)22/h1-6,12H,7-8H2,(H,19,20)(H,23,24)/t12-/m1/s1. The number of carboxylic acids is 2. The molecule has 2 aromatic rings. The van der Waals surface area contributed by atoms with Crippen LogP contribution in [0, 0.1) is 0 Å². The van der Waals surface area contributed by atoms with Crippen molar-refractivity contribution in [2.45, 2.75) is 18.9 Å². The molecule has 1 atom stereocenters. The van der Waals surface area contributed by atoms with Gasteiger partial charge in [-0.15, -0.1) is 0 Å². The Balaban J connectivity index is 2.11. The maximum absolute atomic E-state index is 12.7. The first-order chi connectivity index (χ1) is 11.4. The van der Waals surface area contributed by atoms with Crippen LogP contribution in [0.3, 0.4) is 0 Å². The van der Waals surface area contributed by atoms with Gasteiger partial charge in [-0.3, -0.25) is 19.3 Å². The molecule has 24 heavy (non-hydrogen) atoms. The highest BCUT2D eigenvalue weighted by atomic mass is 16.4. The topological polar surface area (TPSA) is 112 Å². The lowest BCUT2D eigenvalue weighted by molar-refractivity contribution is -0.142. The number of benzene rings is 2. The molecule has 122 valence electrons. The molecule has 0 aromatic heterocycles. The molecule has 0 unspecified atom stereocenters. The van der Waals surface area contributed by atoms with E-state index in [4.69, 9.17) is 5.11 Å². The van der Waals surface area contributed by atoms with Crippen molar-refractivity contribution in [3.05, 3.63) is 47.5 Å². The zero-order chi connectivity index (χ0) is 17.4. The highest BCUT2D eigenvalue weighted by molar-refractivity contribution is 6.26. The number of aliphatic carboxylic acids is 2. The van der Waals surface area contributed by atoms with Crippen molar-refractivity contribution in [1.82, 2.24) is 4.90 Å². The number of carbonyl (C=O) groups is 4. The monoisotopic (exact) mass is 327 g/mol. The van der Waals surface area contributed by atoms with Gasteiger partial charge in [0.05, 0.1) is 0 Å². The van der Waals surface area contributed by atoms with E-state index in [0.29, 0.717) is 15.7 Å². The number of carbonyl (C=O) groups excluding carboxylic acids is 2. The summed E-state index contributed by atoms with van der Waals surface area (Å²) in [5, 5.41) is 19.4. The molecule has 1 aliphatic heterocycles. The maximum atomic E-state index is 12.7. The van der Waals surface area contributed by atoms with Crippen LogP contribution in [-0.2, 0) is 9.59 Å². The summed E-state index contributed by atoms with van der Waals surface area (Å²) in [6.07, 6.45) is -0.805. The Morgan fingerprint density at radius 3 is 1.96 bits per heavy atom. The summed E-state index contributed by atoms with van der Waals surface area (Å²) in [4.78, 5) is 48.3. The van der Waals surface area contributed by atoms with E-state index < -0.39 is 36.2 Å². The first-order valence-corrected chi connectivity index (χ1v) is 7.26. The predicted octanol–water partition coefficient (Wildman–Crippen LogP) is 1.75. The first-order valence-electron chi connectivity index (χ1n) is 7.26. The van der Waals surface area contributed by atoms with Gasteiger partial charge in [-0.25, -0.2) is 4.79 Å². The molecule has 0 fully saturated rings. The third kappa shape index (κ3) is 2.40. The second-order valence-corrected chi connectivity index (χ2v) is 5.48. The van der Waals surface area contributed by atoms with Gasteiger partial charge >= 0.3 is 11.9 Å². The number of rotatable bonds is 5. The van der Waals surface area contributed by atoms with Crippen molar-refractivity contribution < 1.29 is 29.4 Å². The minimum Gasteiger partial charge on any atom is -0.481 e. The second-order valence-electron chi connectivity index (χ2n) is 5.48. The van der Waals surface area contributed by atoms with Crippen molar-refractivity contribution in [3.8, 4) is 0 Å². The van der Waals surface area contributed by atoms with E-state index in [9.17, 15) is 24.3 Å². The van der Waals surface area contributed by atoms with Crippen molar-refractivity contribution in [1.29, 1.82) is 0 Å². The molecule has 7 heteroatoms. The zero-order valence-corrected chi connectivity index (χ0v) is 12.4. The molecule has 2 N–H and O–H groups in total. The van der Waals surface area contributed by atoms with Crippen LogP contribution in [0.4, 0.5) is 0 Å². The third-order valence-electron chi connectivity index (χ3n) is 4.03.